The van der Waals surface area contributed by atoms with E-state index in [1.54, 1.807) is 25.3 Å². The zero-order valence-corrected chi connectivity index (χ0v) is 18.6. The van der Waals surface area contributed by atoms with Crippen LogP contribution >= 0.6 is 0 Å². The van der Waals surface area contributed by atoms with Crippen molar-refractivity contribution >= 4 is 29.3 Å². The molecule has 4 rings (SSSR count). The summed E-state index contributed by atoms with van der Waals surface area (Å²) in [5.74, 6) is 0.395. The molecular formula is C27H27N3O3. The number of anilines is 2. The minimum Gasteiger partial charge on any atom is -0.497 e. The molecule has 1 saturated heterocycles. The molecule has 6 nitrogen and oxygen atoms in total. The van der Waals surface area contributed by atoms with Crippen LogP contribution in [0.2, 0.25) is 0 Å². The van der Waals surface area contributed by atoms with E-state index in [4.69, 9.17) is 4.74 Å². The first-order valence-corrected chi connectivity index (χ1v) is 11.0. The summed E-state index contributed by atoms with van der Waals surface area (Å²) in [5, 5.41) is 2.85. The van der Waals surface area contributed by atoms with Gasteiger partial charge in [-0.3, -0.25) is 9.59 Å². The lowest BCUT2D eigenvalue weighted by molar-refractivity contribution is -0.111. The van der Waals surface area contributed by atoms with Gasteiger partial charge in [-0.25, -0.2) is 0 Å². The Morgan fingerprint density at radius 2 is 1.52 bits per heavy atom. The lowest BCUT2D eigenvalue weighted by Gasteiger charge is -2.36. The molecule has 0 saturated carbocycles. The van der Waals surface area contributed by atoms with Gasteiger partial charge in [0.1, 0.15) is 5.75 Å². The van der Waals surface area contributed by atoms with Crippen LogP contribution in [-0.2, 0) is 4.79 Å². The van der Waals surface area contributed by atoms with Gasteiger partial charge in [-0.2, -0.15) is 0 Å². The average Bonchev–Trinajstić information content (AvgIpc) is 2.88. The Kier molecular flexibility index (Phi) is 7.05. The number of hydrogen-bond acceptors (Lipinski definition) is 4. The molecule has 2 amide bonds. The van der Waals surface area contributed by atoms with E-state index in [1.165, 1.54) is 11.8 Å². The quantitative estimate of drug-likeness (QED) is 0.579. The molecular weight excluding hydrogens is 414 g/mol. The summed E-state index contributed by atoms with van der Waals surface area (Å²) in [5.41, 5.74) is 3.06. The number of carbonyl (C=O) groups is 2. The van der Waals surface area contributed by atoms with Gasteiger partial charge in [0, 0.05) is 37.9 Å². The number of nitrogens with zero attached hydrogens (tertiary/aromatic N) is 2. The molecule has 0 unspecified atom stereocenters. The minimum atomic E-state index is -0.292. The Hall–Kier alpha value is -4.06. The number of ether oxygens (including phenoxy) is 1. The molecule has 3 aromatic carbocycles. The molecule has 3 aromatic rings. The van der Waals surface area contributed by atoms with Crippen LogP contribution in [0.25, 0.3) is 6.08 Å². The van der Waals surface area contributed by atoms with Crippen molar-refractivity contribution in [3.63, 3.8) is 0 Å². The highest BCUT2D eigenvalue weighted by atomic mass is 16.5. The Bertz CT molecular complexity index is 1120. The van der Waals surface area contributed by atoms with Crippen LogP contribution in [0.5, 0.6) is 5.75 Å². The molecule has 0 bridgehead atoms. The van der Waals surface area contributed by atoms with Crippen molar-refractivity contribution in [2.45, 2.75) is 0 Å². The van der Waals surface area contributed by atoms with Crippen molar-refractivity contribution in [2.75, 3.05) is 43.5 Å². The third-order valence-electron chi connectivity index (χ3n) is 5.65. The second-order valence-electron chi connectivity index (χ2n) is 7.76. The van der Waals surface area contributed by atoms with Gasteiger partial charge >= 0.3 is 0 Å². The number of amides is 2. The summed E-state index contributed by atoms with van der Waals surface area (Å²) in [6.07, 6.45) is 3.18. The van der Waals surface area contributed by atoms with Gasteiger partial charge in [-0.1, -0.05) is 42.5 Å². The fraction of sp³-hybridized carbons (Fsp3) is 0.185. The van der Waals surface area contributed by atoms with Crippen LogP contribution in [0.3, 0.4) is 0 Å². The molecule has 33 heavy (non-hydrogen) atoms. The molecule has 0 atom stereocenters. The first-order valence-electron chi connectivity index (χ1n) is 11.0. The number of benzene rings is 3. The maximum atomic E-state index is 13.2. The summed E-state index contributed by atoms with van der Waals surface area (Å²) in [6.45, 7) is 2.81. The van der Waals surface area contributed by atoms with Crippen LogP contribution in [0.1, 0.15) is 15.9 Å². The molecule has 0 aliphatic carbocycles. The first-order chi connectivity index (χ1) is 16.1. The third-order valence-corrected chi connectivity index (χ3v) is 5.65. The van der Waals surface area contributed by atoms with E-state index < -0.39 is 0 Å². The van der Waals surface area contributed by atoms with Gasteiger partial charge in [-0.15, -0.1) is 0 Å². The van der Waals surface area contributed by atoms with Crippen molar-refractivity contribution < 1.29 is 14.3 Å². The van der Waals surface area contributed by atoms with E-state index in [0.29, 0.717) is 24.3 Å². The first kappa shape index (κ1) is 22.1. The van der Waals surface area contributed by atoms with Gasteiger partial charge in [0.15, 0.2) is 0 Å². The standard InChI is InChI=1S/C27H27N3O3/c1-33-23-14-11-21(12-15-23)13-16-26(31)28-25-10-6-5-9-24(25)27(32)30-19-17-29(18-20-30)22-7-3-2-4-8-22/h2-16H,17-20H2,1H3,(H,28,31). The highest BCUT2D eigenvalue weighted by Gasteiger charge is 2.24. The number of nitrogens with one attached hydrogen (secondary N) is 1. The Morgan fingerprint density at radius 3 is 2.21 bits per heavy atom. The molecule has 1 aliphatic heterocycles. The monoisotopic (exact) mass is 441 g/mol. The van der Waals surface area contributed by atoms with Crippen molar-refractivity contribution in [3.8, 4) is 5.75 Å². The summed E-state index contributed by atoms with van der Waals surface area (Å²) < 4.78 is 5.15. The number of methoxy groups -OCH3 is 1. The minimum absolute atomic E-state index is 0.0715. The van der Waals surface area contributed by atoms with E-state index in [9.17, 15) is 9.59 Å². The van der Waals surface area contributed by atoms with Crippen molar-refractivity contribution in [2.24, 2.45) is 0 Å². The van der Waals surface area contributed by atoms with Gasteiger partial charge in [-0.05, 0) is 48.0 Å². The fourth-order valence-electron chi connectivity index (χ4n) is 3.82. The molecule has 1 aliphatic rings. The third kappa shape index (κ3) is 5.60. The number of piperazine rings is 1. The van der Waals surface area contributed by atoms with Crippen molar-refractivity contribution in [1.29, 1.82) is 0 Å². The number of hydrogen-bond donors (Lipinski definition) is 1. The van der Waals surface area contributed by atoms with Crippen LogP contribution in [0, 0.1) is 0 Å². The normalized spacial score (nSPS) is 13.7. The fourth-order valence-corrected chi connectivity index (χ4v) is 3.82. The van der Waals surface area contributed by atoms with Gasteiger partial charge < -0.3 is 19.9 Å². The van der Waals surface area contributed by atoms with Crippen LogP contribution in [0.15, 0.2) is 84.9 Å². The summed E-state index contributed by atoms with van der Waals surface area (Å²) in [7, 11) is 1.61. The van der Waals surface area contributed by atoms with E-state index in [1.807, 2.05) is 59.5 Å². The van der Waals surface area contributed by atoms with E-state index >= 15 is 0 Å². The molecule has 168 valence electrons. The Balaban J connectivity index is 1.39. The highest BCUT2D eigenvalue weighted by Crippen LogP contribution is 2.21. The van der Waals surface area contributed by atoms with Crippen LogP contribution in [-0.4, -0.2) is 50.0 Å². The van der Waals surface area contributed by atoms with E-state index in [0.717, 1.165) is 24.4 Å². The summed E-state index contributed by atoms with van der Waals surface area (Å²) >= 11 is 0. The number of carbonyl (C=O) groups excluding carboxylic acids is 2. The van der Waals surface area contributed by atoms with E-state index in [-0.39, 0.29) is 11.8 Å². The smallest absolute Gasteiger partial charge is 0.256 e. The SMILES string of the molecule is COc1ccc(C=CC(=O)Nc2ccccc2C(=O)N2CCN(c3ccccc3)CC2)cc1. The van der Waals surface area contributed by atoms with Gasteiger partial charge in [0.25, 0.3) is 5.91 Å². The molecule has 0 radical (unpaired) electrons. The zero-order valence-electron chi connectivity index (χ0n) is 18.6. The largest absolute Gasteiger partial charge is 0.497 e. The Labute approximate surface area is 194 Å². The maximum Gasteiger partial charge on any atom is 0.256 e. The van der Waals surface area contributed by atoms with E-state index in [2.05, 4.69) is 22.3 Å². The maximum absolute atomic E-state index is 13.2. The lowest BCUT2D eigenvalue weighted by atomic mass is 10.1. The molecule has 1 N–H and O–H groups in total. The van der Waals surface area contributed by atoms with Gasteiger partial charge in [0.05, 0.1) is 18.4 Å². The second kappa shape index (κ2) is 10.5. The van der Waals surface area contributed by atoms with Crippen LogP contribution in [0.4, 0.5) is 11.4 Å². The van der Waals surface area contributed by atoms with Crippen LogP contribution < -0.4 is 15.0 Å². The molecule has 1 fully saturated rings. The summed E-state index contributed by atoms with van der Waals surface area (Å²) in [6, 6.07) is 24.8. The van der Waals surface area contributed by atoms with Crippen molar-refractivity contribution in [1.82, 2.24) is 4.90 Å². The van der Waals surface area contributed by atoms with Gasteiger partial charge in [0.2, 0.25) is 5.91 Å². The highest BCUT2D eigenvalue weighted by molar-refractivity contribution is 6.07. The molecule has 0 spiro atoms. The average molecular weight is 442 g/mol. The lowest BCUT2D eigenvalue weighted by Crippen LogP contribution is -2.48. The molecule has 1 heterocycles. The zero-order chi connectivity index (χ0) is 23.0. The predicted octanol–water partition coefficient (Wildman–Crippen LogP) is 4.31. The number of para-hydroxylation sites is 2. The van der Waals surface area contributed by atoms with Crippen molar-refractivity contribution in [3.05, 3.63) is 96.1 Å². The topological polar surface area (TPSA) is 61.9 Å². The Morgan fingerprint density at radius 1 is 0.848 bits per heavy atom. The second-order valence-corrected chi connectivity index (χ2v) is 7.76. The number of rotatable bonds is 6. The summed E-state index contributed by atoms with van der Waals surface area (Å²) in [4.78, 5) is 29.8. The predicted molar refractivity (Wildman–Crippen MR) is 132 cm³/mol. The molecule has 0 aromatic heterocycles. The molecule has 6 heteroatoms.